The topological polar surface area (TPSA) is 147 Å². The molecule has 1 aliphatic heterocycles. The Hall–Kier alpha value is -4.75. The van der Waals surface area contributed by atoms with E-state index in [2.05, 4.69) is 47.1 Å². The zero-order chi connectivity index (χ0) is 48.6. The first-order valence-electron chi connectivity index (χ1n) is 23.6. The zero-order valence-corrected chi connectivity index (χ0v) is 41.8. The molecule has 0 aliphatic carbocycles. The Morgan fingerprint density at radius 1 is 0.815 bits per heavy atom. The minimum absolute atomic E-state index is 0.00317. The lowest BCUT2D eigenvalue weighted by Gasteiger charge is -2.41. The summed E-state index contributed by atoms with van der Waals surface area (Å²) in [5.74, 6) is -2.33. The SMILES string of the molecule is CC[C@H](C)[C@@H]([C@@H](CC(=O)N1CCC[C@H]1[C@H](OC)[C@@H](C)C(=O)N[C@H](/C=C\Cc1ccccc1)Cc1ccccc1)OC)N(C)C(=O)[C@@H](NC(=O)[C@H](C(C)C)N(C)C(=O)OC(C)(C)C)C(C)C. The summed E-state index contributed by atoms with van der Waals surface area (Å²) >= 11 is 0. The molecule has 0 spiro atoms. The van der Waals surface area contributed by atoms with Crippen molar-refractivity contribution in [2.45, 2.75) is 156 Å². The van der Waals surface area contributed by atoms with Crippen molar-refractivity contribution >= 4 is 29.7 Å². The molecule has 5 amide bonds. The molecule has 0 aromatic heterocycles. The van der Waals surface area contributed by atoms with Gasteiger partial charge in [0.05, 0.1) is 42.7 Å². The van der Waals surface area contributed by atoms with E-state index in [1.165, 1.54) is 17.5 Å². The Labute approximate surface area is 390 Å². The first kappa shape index (κ1) is 54.6. The third kappa shape index (κ3) is 16.0. The second-order valence-corrected chi connectivity index (χ2v) is 19.5. The van der Waals surface area contributed by atoms with Gasteiger partial charge >= 0.3 is 6.09 Å². The number of benzene rings is 2. The molecule has 13 heteroatoms. The predicted octanol–water partition coefficient (Wildman–Crippen LogP) is 7.47. The van der Waals surface area contributed by atoms with Gasteiger partial charge in [-0.3, -0.25) is 24.1 Å². The van der Waals surface area contributed by atoms with Gasteiger partial charge in [-0.2, -0.15) is 0 Å². The predicted molar refractivity (Wildman–Crippen MR) is 257 cm³/mol. The van der Waals surface area contributed by atoms with Crippen LogP contribution in [0.5, 0.6) is 0 Å². The highest BCUT2D eigenvalue weighted by atomic mass is 16.6. The van der Waals surface area contributed by atoms with Gasteiger partial charge in [0, 0.05) is 34.9 Å². The summed E-state index contributed by atoms with van der Waals surface area (Å²) in [5.41, 5.74) is 1.53. The van der Waals surface area contributed by atoms with Crippen LogP contribution in [0.25, 0.3) is 0 Å². The third-order valence-electron chi connectivity index (χ3n) is 12.7. The van der Waals surface area contributed by atoms with Gasteiger partial charge in [0.2, 0.25) is 23.6 Å². The highest BCUT2D eigenvalue weighted by molar-refractivity contribution is 5.92. The molecule has 2 N–H and O–H groups in total. The van der Waals surface area contributed by atoms with Gasteiger partial charge < -0.3 is 34.6 Å². The number of likely N-dealkylation sites (N-methyl/N-ethyl adjacent to an activating group) is 2. The van der Waals surface area contributed by atoms with E-state index < -0.39 is 53.9 Å². The Balaban J connectivity index is 1.80. The van der Waals surface area contributed by atoms with E-state index in [1.54, 1.807) is 46.9 Å². The molecule has 1 heterocycles. The van der Waals surface area contributed by atoms with Crippen LogP contribution >= 0.6 is 0 Å². The molecule has 2 aromatic carbocycles. The molecule has 65 heavy (non-hydrogen) atoms. The van der Waals surface area contributed by atoms with Gasteiger partial charge in [-0.05, 0) is 75.3 Å². The summed E-state index contributed by atoms with van der Waals surface area (Å²) in [7, 11) is 6.38. The summed E-state index contributed by atoms with van der Waals surface area (Å²) in [5, 5.41) is 6.24. The van der Waals surface area contributed by atoms with Crippen LogP contribution in [0.4, 0.5) is 4.79 Å². The fourth-order valence-electron chi connectivity index (χ4n) is 8.98. The molecule has 0 radical (unpaired) electrons. The number of methoxy groups -OCH3 is 2. The Morgan fingerprint density at radius 3 is 1.94 bits per heavy atom. The number of carbonyl (C=O) groups is 5. The Morgan fingerprint density at radius 2 is 1.42 bits per heavy atom. The lowest BCUT2D eigenvalue weighted by Crippen LogP contribution is -2.60. The minimum atomic E-state index is -0.926. The Kier molecular flexibility index (Phi) is 21.7. The van der Waals surface area contributed by atoms with Crippen molar-refractivity contribution in [3.05, 3.63) is 83.9 Å². The summed E-state index contributed by atoms with van der Waals surface area (Å²) < 4.78 is 17.7. The quantitative estimate of drug-likeness (QED) is 0.109. The van der Waals surface area contributed by atoms with Gasteiger partial charge in [-0.15, -0.1) is 0 Å². The van der Waals surface area contributed by atoms with Crippen LogP contribution in [0.15, 0.2) is 72.8 Å². The molecule has 362 valence electrons. The molecular weight excluding hydrogens is 823 g/mol. The summed E-state index contributed by atoms with van der Waals surface area (Å²) in [6.45, 7) is 19.1. The molecule has 0 bridgehead atoms. The van der Waals surface area contributed by atoms with Crippen molar-refractivity contribution in [3.63, 3.8) is 0 Å². The van der Waals surface area contributed by atoms with E-state index >= 15 is 0 Å². The number of allylic oxidation sites excluding steroid dienone is 1. The normalized spacial score (nSPS) is 18.0. The van der Waals surface area contributed by atoms with E-state index in [0.717, 1.165) is 18.4 Å². The van der Waals surface area contributed by atoms with E-state index in [-0.39, 0.29) is 54.0 Å². The number of hydrogen-bond acceptors (Lipinski definition) is 8. The van der Waals surface area contributed by atoms with Crippen LogP contribution in [0, 0.1) is 23.7 Å². The second kappa shape index (κ2) is 25.8. The molecule has 1 saturated heterocycles. The van der Waals surface area contributed by atoms with Crippen LogP contribution < -0.4 is 10.6 Å². The molecular formula is C52H81N5O8. The molecule has 3 rings (SSSR count). The molecule has 0 unspecified atom stereocenters. The first-order valence-corrected chi connectivity index (χ1v) is 23.6. The molecule has 1 fully saturated rings. The fraction of sp³-hybridized carbons (Fsp3) is 0.635. The molecule has 1 aliphatic rings. The van der Waals surface area contributed by atoms with E-state index in [1.807, 2.05) is 89.8 Å². The van der Waals surface area contributed by atoms with Gasteiger partial charge in [-0.25, -0.2) is 4.79 Å². The average Bonchev–Trinajstić information content (AvgIpc) is 3.74. The maximum atomic E-state index is 14.5. The highest BCUT2D eigenvalue weighted by Gasteiger charge is 2.43. The Bertz CT molecular complexity index is 1830. The van der Waals surface area contributed by atoms with E-state index in [0.29, 0.717) is 25.8 Å². The number of ether oxygens (including phenoxy) is 3. The first-order chi connectivity index (χ1) is 30.6. The van der Waals surface area contributed by atoms with E-state index in [9.17, 15) is 24.0 Å². The van der Waals surface area contributed by atoms with Crippen molar-refractivity contribution in [2.75, 3.05) is 34.9 Å². The smallest absolute Gasteiger partial charge is 0.410 e. The number of amides is 5. The van der Waals surface area contributed by atoms with Crippen molar-refractivity contribution < 1.29 is 38.2 Å². The lowest BCUT2D eigenvalue weighted by atomic mass is 9.89. The number of likely N-dealkylation sites (tertiary alicyclic amines) is 1. The maximum Gasteiger partial charge on any atom is 0.410 e. The van der Waals surface area contributed by atoms with Crippen LogP contribution in [0.1, 0.15) is 106 Å². The van der Waals surface area contributed by atoms with Crippen molar-refractivity contribution in [1.82, 2.24) is 25.3 Å². The minimum Gasteiger partial charge on any atom is -0.444 e. The van der Waals surface area contributed by atoms with Crippen LogP contribution in [-0.2, 0) is 46.2 Å². The third-order valence-corrected chi connectivity index (χ3v) is 12.7. The van der Waals surface area contributed by atoms with Crippen LogP contribution in [0.2, 0.25) is 0 Å². The zero-order valence-electron chi connectivity index (χ0n) is 41.8. The second-order valence-electron chi connectivity index (χ2n) is 19.5. The molecule has 9 atom stereocenters. The van der Waals surface area contributed by atoms with Crippen molar-refractivity contribution in [1.29, 1.82) is 0 Å². The monoisotopic (exact) mass is 904 g/mol. The maximum absolute atomic E-state index is 14.5. The fourth-order valence-corrected chi connectivity index (χ4v) is 8.98. The number of carbonyl (C=O) groups excluding carboxylic acids is 5. The van der Waals surface area contributed by atoms with E-state index in [4.69, 9.17) is 14.2 Å². The van der Waals surface area contributed by atoms with Gasteiger partial charge in [0.1, 0.15) is 17.7 Å². The average molecular weight is 904 g/mol. The summed E-state index contributed by atoms with van der Waals surface area (Å²) in [6.07, 6.45) is 5.76. The summed E-state index contributed by atoms with van der Waals surface area (Å²) in [6, 6.07) is 17.3. The highest BCUT2D eigenvalue weighted by Crippen LogP contribution is 2.30. The standard InChI is InChI=1S/C52H81N5O8/c1-15-36(6)46(55(11)50(61)44(34(2)3)54-49(60)45(35(4)5)56(12)51(62)65-52(8,9)10)42(63-13)33-43(58)57-31-23-30-41(57)47(64-14)37(7)48(59)53-40(32-39-26-20-17-21-27-39)29-22-28-38-24-18-16-19-25-38/h16-22,24-27,29,34-37,40-42,44-47H,15,23,28,30-33H2,1-14H3,(H,53,59)(H,54,60)/b29-22-/t36-,37+,40+,41-,42+,44-,45-,46-,47+/m0/s1. The van der Waals surface area contributed by atoms with Gasteiger partial charge in [0.25, 0.3) is 0 Å². The molecule has 2 aromatic rings. The molecule has 0 saturated carbocycles. The largest absolute Gasteiger partial charge is 0.444 e. The van der Waals surface area contributed by atoms with Crippen LogP contribution in [-0.4, -0.2) is 127 Å². The van der Waals surface area contributed by atoms with Gasteiger partial charge in [0.15, 0.2) is 0 Å². The van der Waals surface area contributed by atoms with Gasteiger partial charge in [-0.1, -0.05) is 128 Å². The summed E-state index contributed by atoms with van der Waals surface area (Å²) in [4.78, 5) is 74.8. The van der Waals surface area contributed by atoms with Crippen LogP contribution in [0.3, 0.4) is 0 Å². The number of hydrogen-bond donors (Lipinski definition) is 2. The number of rotatable bonds is 23. The lowest BCUT2D eigenvalue weighted by molar-refractivity contribution is -0.148. The number of nitrogens with zero attached hydrogens (tertiary/aromatic N) is 3. The van der Waals surface area contributed by atoms with Crippen molar-refractivity contribution in [3.8, 4) is 0 Å². The molecule has 13 nitrogen and oxygen atoms in total. The number of nitrogens with one attached hydrogen (secondary N) is 2. The van der Waals surface area contributed by atoms with Crippen molar-refractivity contribution in [2.24, 2.45) is 23.7 Å².